The number of allylic oxidation sites excluding steroid dienone is 1. The Morgan fingerprint density at radius 3 is 2.00 bits per heavy atom. The SMILES string of the molecule is CC(F)(F)C(/C=C(\F)c1ccc(C(=O)NCC(=O)NCC(F)(F)F)c(C(F)(F)F)c1)c1cc(Br)cc(Br)c1. The van der Waals surface area contributed by atoms with Gasteiger partial charge in [0.1, 0.15) is 12.4 Å². The third-order valence-electron chi connectivity index (χ3n) is 4.84. The lowest BCUT2D eigenvalue weighted by Gasteiger charge is -2.22. The molecule has 208 valence electrons. The standard InChI is InChI=1S/C23H17Br2F9N2O2/c1-21(27,28)16(12-4-13(24)7-14(25)5-12)8-18(26)11-2-3-15(17(6-11)23(32,33)34)20(38)35-9-19(37)36-10-22(29,30)31/h2-8,16H,9-10H2,1H3,(H,35,38)(H,36,37)/b18-8-. The summed E-state index contributed by atoms with van der Waals surface area (Å²) in [5.74, 6) is -9.65. The Morgan fingerprint density at radius 2 is 1.50 bits per heavy atom. The molecule has 1 atom stereocenters. The van der Waals surface area contributed by atoms with Crippen LogP contribution in [-0.2, 0) is 11.0 Å². The zero-order valence-electron chi connectivity index (χ0n) is 19.0. The predicted octanol–water partition coefficient (Wildman–Crippen LogP) is 7.39. The van der Waals surface area contributed by atoms with Gasteiger partial charge in [0, 0.05) is 21.4 Å². The molecule has 0 aliphatic heterocycles. The summed E-state index contributed by atoms with van der Waals surface area (Å²) in [5.41, 5.74) is -3.53. The molecule has 0 aliphatic rings. The van der Waals surface area contributed by atoms with Gasteiger partial charge in [0.15, 0.2) is 0 Å². The van der Waals surface area contributed by atoms with Crippen molar-refractivity contribution in [3.8, 4) is 0 Å². The van der Waals surface area contributed by atoms with Crippen LogP contribution in [-0.4, -0.2) is 37.0 Å². The van der Waals surface area contributed by atoms with Crippen molar-refractivity contribution in [1.82, 2.24) is 10.6 Å². The summed E-state index contributed by atoms with van der Waals surface area (Å²) in [6.45, 7) is -2.28. The molecular weight excluding hydrogens is 667 g/mol. The third-order valence-corrected chi connectivity index (χ3v) is 5.76. The zero-order chi connectivity index (χ0) is 29.1. The third kappa shape index (κ3) is 9.33. The van der Waals surface area contributed by atoms with Crippen molar-refractivity contribution in [3.63, 3.8) is 0 Å². The minimum Gasteiger partial charge on any atom is -0.345 e. The van der Waals surface area contributed by atoms with E-state index in [0.29, 0.717) is 28.0 Å². The van der Waals surface area contributed by atoms with E-state index >= 15 is 4.39 Å². The summed E-state index contributed by atoms with van der Waals surface area (Å²) in [6, 6.07) is 5.64. The van der Waals surface area contributed by atoms with Crippen LogP contribution in [0.5, 0.6) is 0 Å². The van der Waals surface area contributed by atoms with E-state index in [2.05, 4.69) is 31.9 Å². The van der Waals surface area contributed by atoms with Crippen LogP contribution < -0.4 is 10.6 Å². The summed E-state index contributed by atoms with van der Waals surface area (Å²) in [6.07, 6.45) is -9.51. The number of amides is 2. The maximum absolute atomic E-state index is 15.0. The van der Waals surface area contributed by atoms with Crippen molar-refractivity contribution < 1.29 is 49.1 Å². The predicted molar refractivity (Wildman–Crippen MR) is 127 cm³/mol. The molecule has 4 nitrogen and oxygen atoms in total. The smallest absolute Gasteiger partial charge is 0.345 e. The summed E-state index contributed by atoms with van der Waals surface area (Å²) in [5, 5.41) is 3.17. The minimum absolute atomic E-state index is 0.0512. The van der Waals surface area contributed by atoms with E-state index in [0.717, 1.165) is 6.07 Å². The molecule has 38 heavy (non-hydrogen) atoms. The van der Waals surface area contributed by atoms with E-state index in [9.17, 15) is 44.7 Å². The van der Waals surface area contributed by atoms with Gasteiger partial charge >= 0.3 is 12.4 Å². The van der Waals surface area contributed by atoms with Gasteiger partial charge in [-0.3, -0.25) is 9.59 Å². The number of hydrogen-bond donors (Lipinski definition) is 2. The highest BCUT2D eigenvalue weighted by atomic mass is 79.9. The number of halogens is 11. The first-order chi connectivity index (χ1) is 17.3. The molecule has 0 aromatic heterocycles. The van der Waals surface area contributed by atoms with Crippen LogP contribution >= 0.6 is 31.9 Å². The molecule has 0 radical (unpaired) electrons. The molecule has 0 saturated carbocycles. The second-order valence-electron chi connectivity index (χ2n) is 7.98. The fourth-order valence-corrected chi connectivity index (χ4v) is 4.50. The van der Waals surface area contributed by atoms with Crippen LogP contribution in [0.2, 0.25) is 0 Å². The lowest BCUT2D eigenvalue weighted by Crippen LogP contribution is -2.41. The Bertz CT molecular complexity index is 1200. The molecule has 15 heteroatoms. The number of rotatable bonds is 8. The Hall–Kier alpha value is -2.55. The van der Waals surface area contributed by atoms with Gasteiger partial charge in [0.2, 0.25) is 5.91 Å². The number of carbonyl (C=O) groups excluding carboxylic acids is 2. The van der Waals surface area contributed by atoms with Gasteiger partial charge in [-0.15, -0.1) is 0 Å². The van der Waals surface area contributed by atoms with E-state index in [1.165, 1.54) is 23.5 Å². The molecule has 0 heterocycles. The van der Waals surface area contributed by atoms with E-state index in [-0.39, 0.29) is 11.6 Å². The van der Waals surface area contributed by atoms with Gasteiger partial charge < -0.3 is 10.6 Å². The molecule has 0 spiro atoms. The molecule has 0 fully saturated rings. The van der Waals surface area contributed by atoms with Crippen molar-refractivity contribution in [2.45, 2.75) is 31.1 Å². The Balaban J connectivity index is 2.39. The molecule has 0 saturated heterocycles. The van der Waals surface area contributed by atoms with Crippen molar-refractivity contribution in [2.24, 2.45) is 0 Å². The van der Waals surface area contributed by atoms with E-state index in [1.54, 1.807) is 5.32 Å². The van der Waals surface area contributed by atoms with Crippen LogP contribution in [0, 0.1) is 0 Å². The van der Waals surface area contributed by atoms with Gasteiger partial charge in [-0.2, -0.15) is 26.3 Å². The highest BCUT2D eigenvalue weighted by Crippen LogP contribution is 2.40. The monoisotopic (exact) mass is 682 g/mol. The van der Waals surface area contributed by atoms with E-state index in [1.807, 2.05) is 0 Å². The van der Waals surface area contributed by atoms with Crippen LogP contribution in [0.3, 0.4) is 0 Å². The van der Waals surface area contributed by atoms with Crippen LogP contribution in [0.25, 0.3) is 5.83 Å². The summed E-state index contributed by atoms with van der Waals surface area (Å²) >= 11 is 6.25. The van der Waals surface area contributed by atoms with Crippen LogP contribution in [0.4, 0.5) is 39.5 Å². The Morgan fingerprint density at radius 1 is 0.921 bits per heavy atom. The molecule has 2 aromatic carbocycles. The maximum Gasteiger partial charge on any atom is 0.417 e. The number of hydrogen-bond acceptors (Lipinski definition) is 2. The first-order valence-corrected chi connectivity index (χ1v) is 11.9. The molecule has 0 aliphatic carbocycles. The molecule has 2 amide bonds. The lowest BCUT2D eigenvalue weighted by atomic mass is 9.91. The quantitative estimate of drug-likeness (QED) is 0.285. The molecule has 1 unspecified atom stereocenters. The topological polar surface area (TPSA) is 58.2 Å². The van der Waals surface area contributed by atoms with Gasteiger partial charge in [0.25, 0.3) is 11.8 Å². The largest absolute Gasteiger partial charge is 0.417 e. The molecular formula is C23H17Br2F9N2O2. The van der Waals surface area contributed by atoms with Crippen LogP contribution in [0.1, 0.15) is 39.9 Å². The second kappa shape index (κ2) is 12.1. The number of nitrogens with one attached hydrogen (secondary N) is 2. The first-order valence-electron chi connectivity index (χ1n) is 10.3. The average molecular weight is 684 g/mol. The van der Waals surface area contributed by atoms with Crippen molar-refractivity contribution in [1.29, 1.82) is 0 Å². The lowest BCUT2D eigenvalue weighted by molar-refractivity contribution is -0.138. The van der Waals surface area contributed by atoms with Gasteiger partial charge in [0.05, 0.1) is 23.6 Å². The fourth-order valence-electron chi connectivity index (χ4n) is 3.17. The first kappa shape index (κ1) is 31.7. The highest BCUT2D eigenvalue weighted by molar-refractivity contribution is 9.11. The van der Waals surface area contributed by atoms with E-state index in [4.69, 9.17) is 0 Å². The van der Waals surface area contributed by atoms with Crippen LogP contribution in [0.15, 0.2) is 51.4 Å². The van der Waals surface area contributed by atoms with Crippen molar-refractivity contribution in [3.05, 3.63) is 73.7 Å². The number of carbonyl (C=O) groups is 2. The van der Waals surface area contributed by atoms with Crippen molar-refractivity contribution >= 4 is 49.5 Å². The number of alkyl halides is 8. The fraction of sp³-hybridized carbons (Fsp3) is 0.304. The Kier molecular flexibility index (Phi) is 10.1. The molecule has 2 N–H and O–H groups in total. The summed E-state index contributed by atoms with van der Waals surface area (Å²) < 4.78 is 122. The van der Waals surface area contributed by atoms with Gasteiger partial charge in [-0.1, -0.05) is 37.9 Å². The molecule has 2 aromatic rings. The summed E-state index contributed by atoms with van der Waals surface area (Å²) in [4.78, 5) is 23.6. The number of benzene rings is 2. The second-order valence-corrected chi connectivity index (χ2v) is 9.82. The normalized spacial score (nSPS) is 13.7. The maximum atomic E-state index is 15.0. The van der Waals surface area contributed by atoms with Crippen molar-refractivity contribution in [2.75, 3.05) is 13.1 Å². The molecule has 2 rings (SSSR count). The highest BCUT2D eigenvalue weighted by Gasteiger charge is 2.37. The average Bonchev–Trinajstić information content (AvgIpc) is 2.76. The van der Waals surface area contributed by atoms with Gasteiger partial charge in [-0.25, -0.2) is 13.2 Å². The van der Waals surface area contributed by atoms with Gasteiger partial charge in [-0.05, 0) is 42.0 Å². The summed E-state index contributed by atoms with van der Waals surface area (Å²) in [7, 11) is 0. The van der Waals surface area contributed by atoms with E-state index < -0.39 is 71.6 Å². The zero-order valence-corrected chi connectivity index (χ0v) is 22.2. The Labute approximate surface area is 226 Å². The molecule has 0 bridgehead atoms. The minimum atomic E-state index is -5.22.